The van der Waals surface area contributed by atoms with Gasteiger partial charge in [0.05, 0.1) is 24.3 Å². The minimum Gasteiger partial charge on any atom is -0.490 e. The Kier molecular flexibility index (Phi) is 6.15. The number of piperidine rings is 1. The minimum atomic E-state index is -0.632. The van der Waals surface area contributed by atoms with Crippen LogP contribution in [0.4, 0.5) is 0 Å². The van der Waals surface area contributed by atoms with Crippen LogP contribution in [0.15, 0.2) is 12.1 Å². The molecule has 2 unspecified atom stereocenters. The normalized spacial score (nSPS) is 20.1. The number of aliphatic hydroxyl groups is 1. The lowest BCUT2D eigenvalue weighted by Crippen LogP contribution is -2.38. The molecule has 0 amide bonds. The lowest BCUT2D eigenvalue weighted by molar-refractivity contribution is 0.113. The maximum absolute atomic E-state index is 10.6. The molecule has 5 heteroatoms. The Morgan fingerprint density at radius 2 is 1.90 bits per heavy atom. The largest absolute Gasteiger partial charge is 0.490 e. The Labute approximate surface area is 131 Å². The standard InChI is InChI=1S/C16H24ClNO3/c1-3-20-14-9-11(12(17)10-15(14)21-4-2)16(19)13-7-5-6-8-18-13/h9-10,13,16,18-19H,3-8H2,1-2H3. The zero-order valence-electron chi connectivity index (χ0n) is 12.7. The van der Waals surface area contributed by atoms with Crippen molar-refractivity contribution in [2.45, 2.75) is 45.3 Å². The van der Waals surface area contributed by atoms with E-state index in [2.05, 4.69) is 5.32 Å². The average Bonchev–Trinajstić information content (AvgIpc) is 2.50. The van der Waals surface area contributed by atoms with Gasteiger partial charge in [-0.05, 0) is 39.3 Å². The molecule has 1 aliphatic heterocycles. The van der Waals surface area contributed by atoms with E-state index in [1.807, 2.05) is 13.8 Å². The Bertz CT molecular complexity index is 461. The zero-order chi connectivity index (χ0) is 15.2. The lowest BCUT2D eigenvalue weighted by Gasteiger charge is -2.29. The van der Waals surface area contributed by atoms with E-state index in [1.165, 1.54) is 0 Å². The van der Waals surface area contributed by atoms with Crippen LogP contribution in [0, 0.1) is 0 Å². The number of hydrogen-bond acceptors (Lipinski definition) is 4. The maximum Gasteiger partial charge on any atom is 0.162 e. The first-order chi connectivity index (χ1) is 10.2. The van der Waals surface area contributed by atoms with Crippen molar-refractivity contribution >= 4 is 11.6 Å². The second-order valence-corrected chi connectivity index (χ2v) is 5.59. The number of aliphatic hydroxyl groups excluding tert-OH is 1. The van der Waals surface area contributed by atoms with Crippen molar-refractivity contribution in [3.8, 4) is 11.5 Å². The molecule has 1 saturated heterocycles. The monoisotopic (exact) mass is 313 g/mol. The first-order valence-electron chi connectivity index (χ1n) is 7.67. The molecule has 4 nitrogen and oxygen atoms in total. The van der Waals surface area contributed by atoms with E-state index in [0.29, 0.717) is 35.3 Å². The summed E-state index contributed by atoms with van der Waals surface area (Å²) in [5.74, 6) is 1.26. The van der Waals surface area contributed by atoms with E-state index in [-0.39, 0.29) is 6.04 Å². The number of nitrogens with one attached hydrogen (secondary N) is 1. The molecular formula is C16H24ClNO3. The Morgan fingerprint density at radius 3 is 2.48 bits per heavy atom. The number of benzene rings is 1. The smallest absolute Gasteiger partial charge is 0.162 e. The van der Waals surface area contributed by atoms with Gasteiger partial charge < -0.3 is 19.9 Å². The van der Waals surface area contributed by atoms with Crippen molar-refractivity contribution in [3.63, 3.8) is 0 Å². The highest BCUT2D eigenvalue weighted by atomic mass is 35.5. The van der Waals surface area contributed by atoms with Crippen molar-refractivity contribution in [1.82, 2.24) is 5.32 Å². The van der Waals surface area contributed by atoms with E-state index in [4.69, 9.17) is 21.1 Å². The summed E-state index contributed by atoms with van der Waals surface area (Å²) in [6, 6.07) is 3.58. The highest BCUT2D eigenvalue weighted by Gasteiger charge is 2.26. The maximum atomic E-state index is 10.6. The second kappa shape index (κ2) is 7.87. The van der Waals surface area contributed by atoms with Crippen LogP contribution in [0.25, 0.3) is 0 Å². The predicted molar refractivity (Wildman–Crippen MR) is 84.4 cm³/mol. The molecule has 0 aliphatic carbocycles. The summed E-state index contributed by atoms with van der Waals surface area (Å²) >= 11 is 6.33. The van der Waals surface area contributed by atoms with Gasteiger partial charge in [0.2, 0.25) is 0 Å². The van der Waals surface area contributed by atoms with E-state index >= 15 is 0 Å². The molecular weight excluding hydrogens is 290 g/mol. The Morgan fingerprint density at radius 1 is 1.24 bits per heavy atom. The number of hydrogen-bond donors (Lipinski definition) is 2. The van der Waals surface area contributed by atoms with Crippen molar-refractivity contribution in [3.05, 3.63) is 22.7 Å². The van der Waals surface area contributed by atoms with Gasteiger partial charge in [-0.25, -0.2) is 0 Å². The summed E-state index contributed by atoms with van der Waals surface area (Å²) in [5.41, 5.74) is 0.697. The summed E-state index contributed by atoms with van der Waals surface area (Å²) in [7, 11) is 0. The summed E-state index contributed by atoms with van der Waals surface area (Å²) in [6.45, 7) is 5.86. The second-order valence-electron chi connectivity index (χ2n) is 5.19. The molecule has 1 aromatic carbocycles. The molecule has 1 aromatic rings. The molecule has 1 aliphatic rings. The van der Waals surface area contributed by atoms with Crippen LogP contribution >= 0.6 is 11.6 Å². The number of halogens is 1. The first kappa shape index (κ1) is 16.4. The molecule has 1 fully saturated rings. The van der Waals surface area contributed by atoms with E-state index < -0.39 is 6.10 Å². The van der Waals surface area contributed by atoms with Crippen molar-refractivity contribution < 1.29 is 14.6 Å². The Balaban J connectivity index is 2.27. The van der Waals surface area contributed by atoms with Crippen LogP contribution < -0.4 is 14.8 Å². The van der Waals surface area contributed by atoms with Crippen LogP contribution in [-0.2, 0) is 0 Å². The molecule has 0 aromatic heterocycles. The predicted octanol–water partition coefficient (Wildman–Crippen LogP) is 3.31. The Hall–Kier alpha value is -0.970. The van der Waals surface area contributed by atoms with Crippen molar-refractivity contribution in [2.24, 2.45) is 0 Å². The van der Waals surface area contributed by atoms with Gasteiger partial charge in [0.25, 0.3) is 0 Å². The van der Waals surface area contributed by atoms with Crippen LogP contribution in [0.5, 0.6) is 11.5 Å². The molecule has 0 spiro atoms. The molecule has 0 radical (unpaired) electrons. The summed E-state index contributed by atoms with van der Waals surface area (Å²) < 4.78 is 11.2. The van der Waals surface area contributed by atoms with Gasteiger partial charge in [-0.1, -0.05) is 18.0 Å². The van der Waals surface area contributed by atoms with Crippen LogP contribution in [0.1, 0.15) is 44.8 Å². The molecule has 1 heterocycles. The van der Waals surface area contributed by atoms with Gasteiger partial charge in [-0.2, -0.15) is 0 Å². The summed E-state index contributed by atoms with van der Waals surface area (Å²) in [5, 5.41) is 14.5. The minimum absolute atomic E-state index is 0.0451. The zero-order valence-corrected chi connectivity index (χ0v) is 13.4. The molecule has 118 valence electrons. The van der Waals surface area contributed by atoms with Crippen molar-refractivity contribution in [2.75, 3.05) is 19.8 Å². The summed E-state index contributed by atoms with van der Waals surface area (Å²) in [4.78, 5) is 0. The molecule has 2 atom stereocenters. The quantitative estimate of drug-likeness (QED) is 0.846. The van der Waals surface area contributed by atoms with Gasteiger partial charge >= 0.3 is 0 Å². The van der Waals surface area contributed by atoms with Gasteiger partial charge in [0.15, 0.2) is 11.5 Å². The lowest BCUT2D eigenvalue weighted by atomic mass is 9.94. The summed E-state index contributed by atoms with van der Waals surface area (Å²) in [6.07, 6.45) is 2.61. The van der Waals surface area contributed by atoms with Gasteiger partial charge in [-0.3, -0.25) is 0 Å². The molecule has 0 bridgehead atoms. The third-order valence-electron chi connectivity index (χ3n) is 3.71. The van der Waals surface area contributed by atoms with Crippen LogP contribution in [0.3, 0.4) is 0 Å². The fourth-order valence-electron chi connectivity index (χ4n) is 2.68. The van der Waals surface area contributed by atoms with E-state index in [9.17, 15) is 5.11 Å². The third kappa shape index (κ3) is 4.02. The fraction of sp³-hybridized carbons (Fsp3) is 0.625. The van der Waals surface area contributed by atoms with E-state index in [0.717, 1.165) is 25.8 Å². The topological polar surface area (TPSA) is 50.7 Å². The third-order valence-corrected chi connectivity index (χ3v) is 4.04. The number of rotatable bonds is 6. The van der Waals surface area contributed by atoms with Crippen molar-refractivity contribution in [1.29, 1.82) is 0 Å². The van der Waals surface area contributed by atoms with Crippen LogP contribution in [-0.4, -0.2) is 30.9 Å². The average molecular weight is 314 g/mol. The first-order valence-corrected chi connectivity index (χ1v) is 8.05. The van der Waals surface area contributed by atoms with Gasteiger partial charge in [0, 0.05) is 17.7 Å². The molecule has 21 heavy (non-hydrogen) atoms. The highest BCUT2D eigenvalue weighted by Crippen LogP contribution is 2.38. The molecule has 2 N–H and O–H groups in total. The van der Waals surface area contributed by atoms with Crippen LogP contribution in [0.2, 0.25) is 5.02 Å². The number of ether oxygens (including phenoxy) is 2. The molecule has 2 rings (SSSR count). The fourth-order valence-corrected chi connectivity index (χ4v) is 2.94. The SMILES string of the molecule is CCOc1cc(Cl)c(C(O)C2CCCCN2)cc1OCC. The molecule has 0 saturated carbocycles. The van der Waals surface area contributed by atoms with E-state index in [1.54, 1.807) is 12.1 Å². The van der Waals surface area contributed by atoms with Gasteiger partial charge in [-0.15, -0.1) is 0 Å². The highest BCUT2D eigenvalue weighted by molar-refractivity contribution is 6.31. The van der Waals surface area contributed by atoms with Gasteiger partial charge in [0.1, 0.15) is 0 Å².